The van der Waals surface area contributed by atoms with Crippen LogP contribution in [-0.4, -0.2) is 48.0 Å². The fourth-order valence-electron chi connectivity index (χ4n) is 7.00. The second-order valence-electron chi connectivity index (χ2n) is 11.9. The van der Waals surface area contributed by atoms with Gasteiger partial charge in [-0.2, -0.15) is 0 Å². The largest absolute Gasteiger partial charge is 0.497 e. The first-order chi connectivity index (χ1) is 20.0. The van der Waals surface area contributed by atoms with E-state index in [0.29, 0.717) is 12.1 Å². The SMILES string of the molecule is COc1ccc(C(C)(C)[C@H]2[C@H](CCO)O[C@@]3(C(=O)N(Cc4cccc(NC(=O)[C@H](C)O)c4)c4ccccc43)[C@@H]2C)cc1. The van der Waals surface area contributed by atoms with Gasteiger partial charge >= 0.3 is 0 Å². The Balaban J connectivity index is 1.52. The molecule has 0 saturated carbocycles. The van der Waals surface area contributed by atoms with Crippen LogP contribution in [0.15, 0.2) is 72.8 Å². The van der Waals surface area contributed by atoms with Crippen LogP contribution in [0.1, 0.15) is 50.8 Å². The molecule has 0 aliphatic carbocycles. The molecule has 42 heavy (non-hydrogen) atoms. The topological polar surface area (TPSA) is 108 Å². The van der Waals surface area contributed by atoms with Crippen LogP contribution in [0.3, 0.4) is 0 Å². The molecule has 5 atom stereocenters. The Labute approximate surface area is 247 Å². The molecule has 3 aromatic carbocycles. The smallest absolute Gasteiger partial charge is 0.264 e. The summed E-state index contributed by atoms with van der Waals surface area (Å²) in [5.41, 5.74) is 2.51. The van der Waals surface area contributed by atoms with Gasteiger partial charge in [0.1, 0.15) is 11.9 Å². The van der Waals surface area contributed by atoms with E-state index in [1.165, 1.54) is 6.92 Å². The molecular formula is C34H40N2O6. The Morgan fingerprint density at radius 1 is 1.12 bits per heavy atom. The van der Waals surface area contributed by atoms with Gasteiger partial charge < -0.3 is 29.9 Å². The van der Waals surface area contributed by atoms with Gasteiger partial charge in [0.2, 0.25) is 0 Å². The van der Waals surface area contributed by atoms with Crippen molar-refractivity contribution in [3.63, 3.8) is 0 Å². The number of ether oxygens (including phenoxy) is 2. The Morgan fingerprint density at radius 2 is 1.83 bits per heavy atom. The van der Waals surface area contributed by atoms with Crippen LogP contribution < -0.4 is 15.0 Å². The first-order valence-electron chi connectivity index (χ1n) is 14.5. The molecule has 8 nitrogen and oxygen atoms in total. The third kappa shape index (κ3) is 4.97. The molecule has 0 bridgehead atoms. The molecule has 0 radical (unpaired) electrons. The van der Waals surface area contributed by atoms with Crippen molar-refractivity contribution in [2.24, 2.45) is 11.8 Å². The molecule has 1 fully saturated rings. The van der Waals surface area contributed by atoms with Crippen LogP contribution >= 0.6 is 0 Å². The lowest BCUT2D eigenvalue weighted by Crippen LogP contribution is -2.45. The van der Waals surface area contributed by atoms with Gasteiger partial charge in [-0.25, -0.2) is 0 Å². The average Bonchev–Trinajstić information content (AvgIpc) is 3.40. The third-order valence-electron chi connectivity index (χ3n) is 9.07. The van der Waals surface area contributed by atoms with Crippen molar-refractivity contribution in [2.75, 3.05) is 23.9 Å². The summed E-state index contributed by atoms with van der Waals surface area (Å²) in [6.45, 7) is 8.10. The number of aliphatic hydroxyl groups excluding tert-OH is 2. The Hall–Kier alpha value is -3.72. The molecule has 3 N–H and O–H groups in total. The first-order valence-corrected chi connectivity index (χ1v) is 14.5. The summed E-state index contributed by atoms with van der Waals surface area (Å²) in [6.07, 6.45) is -1.07. The van der Waals surface area contributed by atoms with E-state index in [4.69, 9.17) is 9.47 Å². The number of anilines is 2. The van der Waals surface area contributed by atoms with Gasteiger partial charge in [0.05, 0.1) is 25.4 Å². The van der Waals surface area contributed by atoms with Crippen LogP contribution in [-0.2, 0) is 31.9 Å². The van der Waals surface area contributed by atoms with E-state index in [2.05, 4.69) is 38.2 Å². The minimum absolute atomic E-state index is 0.0484. The number of hydrogen-bond donors (Lipinski definition) is 3. The number of hydrogen-bond acceptors (Lipinski definition) is 6. The van der Waals surface area contributed by atoms with Crippen molar-refractivity contribution >= 4 is 23.2 Å². The fraction of sp³-hybridized carbons (Fsp3) is 0.412. The van der Waals surface area contributed by atoms with Crippen molar-refractivity contribution in [3.05, 3.63) is 89.5 Å². The summed E-state index contributed by atoms with van der Waals surface area (Å²) in [5, 5.41) is 22.4. The standard InChI is InChI=1S/C34H40N2O6/c1-21-30(33(3,4)24-13-15-26(41-5)16-14-24)29(17-18-37)42-34(21)27-11-6-7-12-28(27)36(32(34)40)20-23-9-8-10-25(19-23)35-31(39)22(2)38/h6-16,19,21-22,29-30,37-38H,17-18,20H2,1-5H3,(H,35,39)/t21-,22+,29+,30-,34+/m1/s1. The highest BCUT2D eigenvalue weighted by atomic mass is 16.5. The molecule has 2 aliphatic rings. The maximum Gasteiger partial charge on any atom is 0.264 e. The molecule has 0 unspecified atom stereocenters. The summed E-state index contributed by atoms with van der Waals surface area (Å²) < 4.78 is 12.3. The van der Waals surface area contributed by atoms with Gasteiger partial charge in [-0.1, -0.05) is 63.2 Å². The number of methoxy groups -OCH3 is 1. The zero-order valence-electron chi connectivity index (χ0n) is 24.8. The number of aliphatic hydroxyl groups is 2. The normalized spacial score (nSPS) is 24.1. The lowest BCUT2D eigenvalue weighted by atomic mass is 9.63. The zero-order valence-corrected chi connectivity index (χ0v) is 24.8. The number of benzene rings is 3. The van der Waals surface area contributed by atoms with Gasteiger partial charge in [-0.15, -0.1) is 0 Å². The summed E-state index contributed by atoms with van der Waals surface area (Å²) in [5.74, 6) is -0.137. The Kier molecular flexibility index (Phi) is 8.16. The van der Waals surface area contributed by atoms with Crippen LogP contribution in [0.25, 0.3) is 0 Å². The number of rotatable bonds is 9. The van der Waals surface area contributed by atoms with Crippen molar-refractivity contribution < 1.29 is 29.3 Å². The molecule has 2 heterocycles. The fourth-order valence-corrected chi connectivity index (χ4v) is 7.00. The quantitative estimate of drug-likeness (QED) is 0.341. The predicted octanol–water partition coefficient (Wildman–Crippen LogP) is 4.77. The maximum absolute atomic E-state index is 14.6. The van der Waals surface area contributed by atoms with E-state index < -0.39 is 17.6 Å². The lowest BCUT2D eigenvalue weighted by molar-refractivity contribution is -0.146. The van der Waals surface area contributed by atoms with Gasteiger partial charge in [-0.3, -0.25) is 9.59 Å². The van der Waals surface area contributed by atoms with E-state index >= 15 is 0 Å². The molecule has 0 aromatic heterocycles. The maximum atomic E-state index is 14.6. The number of nitrogens with zero attached hydrogens (tertiary/aromatic N) is 1. The molecule has 222 valence electrons. The highest BCUT2D eigenvalue weighted by Gasteiger charge is 2.65. The van der Waals surface area contributed by atoms with Crippen LogP contribution in [0.2, 0.25) is 0 Å². The van der Waals surface area contributed by atoms with Crippen molar-refractivity contribution in [3.8, 4) is 5.75 Å². The predicted molar refractivity (Wildman–Crippen MR) is 161 cm³/mol. The van der Waals surface area contributed by atoms with Crippen LogP contribution in [0.4, 0.5) is 11.4 Å². The molecule has 5 rings (SSSR count). The Morgan fingerprint density at radius 3 is 2.50 bits per heavy atom. The zero-order chi connectivity index (χ0) is 30.2. The van der Waals surface area contributed by atoms with Gasteiger partial charge in [0.15, 0.2) is 5.60 Å². The highest BCUT2D eigenvalue weighted by Crippen LogP contribution is 2.59. The summed E-state index contributed by atoms with van der Waals surface area (Å²) in [4.78, 5) is 28.4. The molecule has 3 aromatic rings. The molecule has 1 saturated heterocycles. The highest BCUT2D eigenvalue weighted by molar-refractivity contribution is 6.07. The number of carbonyl (C=O) groups excluding carboxylic acids is 2. The lowest BCUT2D eigenvalue weighted by Gasteiger charge is -2.38. The number of amides is 2. The van der Waals surface area contributed by atoms with Gasteiger partial charge in [-0.05, 0) is 60.2 Å². The molecule has 2 aliphatic heterocycles. The minimum atomic E-state index is -1.21. The summed E-state index contributed by atoms with van der Waals surface area (Å²) >= 11 is 0. The molecular weight excluding hydrogens is 532 g/mol. The van der Waals surface area contributed by atoms with E-state index in [0.717, 1.165) is 28.1 Å². The van der Waals surface area contributed by atoms with Crippen LogP contribution in [0, 0.1) is 11.8 Å². The second kappa shape index (κ2) is 11.5. The number of nitrogens with one attached hydrogen (secondary N) is 1. The second-order valence-corrected chi connectivity index (χ2v) is 11.9. The minimum Gasteiger partial charge on any atom is -0.497 e. The van der Waals surface area contributed by atoms with Gasteiger partial charge in [0, 0.05) is 29.7 Å². The summed E-state index contributed by atoms with van der Waals surface area (Å²) in [7, 11) is 1.64. The third-order valence-corrected chi connectivity index (χ3v) is 9.07. The van der Waals surface area contributed by atoms with E-state index in [-0.39, 0.29) is 42.4 Å². The molecule has 2 amide bonds. The first kappa shape index (κ1) is 29.8. The van der Waals surface area contributed by atoms with Crippen molar-refractivity contribution in [2.45, 2.75) is 63.9 Å². The van der Waals surface area contributed by atoms with Crippen molar-refractivity contribution in [1.29, 1.82) is 0 Å². The van der Waals surface area contributed by atoms with E-state index in [9.17, 15) is 19.8 Å². The van der Waals surface area contributed by atoms with Crippen LogP contribution in [0.5, 0.6) is 5.75 Å². The molecule has 8 heteroatoms. The average molecular weight is 573 g/mol. The number of fused-ring (bicyclic) bond motifs is 2. The van der Waals surface area contributed by atoms with Crippen molar-refractivity contribution in [1.82, 2.24) is 0 Å². The Bertz CT molecular complexity index is 1450. The number of para-hydroxylation sites is 1. The van der Waals surface area contributed by atoms with E-state index in [1.54, 1.807) is 18.1 Å². The van der Waals surface area contributed by atoms with Gasteiger partial charge in [0.25, 0.3) is 11.8 Å². The monoisotopic (exact) mass is 572 g/mol. The number of carbonyl (C=O) groups is 2. The van der Waals surface area contributed by atoms with E-state index in [1.807, 2.05) is 54.6 Å². The summed E-state index contributed by atoms with van der Waals surface area (Å²) in [6, 6.07) is 23.1. The molecule has 1 spiro atoms.